The predicted octanol–water partition coefficient (Wildman–Crippen LogP) is 16.3. The van der Waals surface area contributed by atoms with Gasteiger partial charge in [0.15, 0.2) is 0 Å². The number of aliphatic carboxylic acids is 1. The van der Waals surface area contributed by atoms with Crippen molar-refractivity contribution in [3.63, 3.8) is 0 Å². The number of rotatable bonds is 22. The van der Waals surface area contributed by atoms with Gasteiger partial charge in [-0.25, -0.2) is 8.78 Å². The Balaban J connectivity index is 0.000000271. The Hall–Kier alpha value is -6.68. The fourth-order valence-corrected chi connectivity index (χ4v) is 8.97. The molecule has 10 heteroatoms. The lowest BCUT2D eigenvalue weighted by molar-refractivity contribution is -0.141. The molecule has 8 nitrogen and oxygen atoms in total. The van der Waals surface area contributed by atoms with Crippen molar-refractivity contribution in [1.82, 2.24) is 0 Å². The smallest absolute Gasteiger partial charge is 0.306 e. The van der Waals surface area contributed by atoms with Crippen molar-refractivity contribution >= 4 is 11.9 Å². The molecule has 0 unspecified atom stereocenters. The van der Waals surface area contributed by atoms with E-state index in [2.05, 4.69) is 61.5 Å². The molecule has 0 aliphatic rings. The van der Waals surface area contributed by atoms with Crippen molar-refractivity contribution in [2.75, 3.05) is 21.3 Å². The van der Waals surface area contributed by atoms with E-state index in [1.807, 2.05) is 78.9 Å². The molecule has 0 aliphatic carbocycles. The van der Waals surface area contributed by atoms with Crippen molar-refractivity contribution in [2.24, 2.45) is 0 Å². The maximum Gasteiger partial charge on any atom is 0.306 e. The molecule has 0 amide bonds. The fraction of sp³-hybridized carbons (Fsp3) is 0.397. The number of carbonyl (C=O) groups is 2. The number of ether oxygens (including phenoxy) is 5. The predicted molar refractivity (Wildman–Crippen MR) is 289 cm³/mol. The zero-order valence-electron chi connectivity index (χ0n) is 44.8. The number of unbranched alkanes of at least 4 members (excludes halogenated alkanes) is 2. The van der Waals surface area contributed by atoms with Crippen molar-refractivity contribution in [3.8, 4) is 45.3 Å². The highest BCUT2D eigenvalue weighted by Crippen LogP contribution is 2.39. The SMILES string of the molecule is CCCC[C@@H](CC(=O)O)c1ccc(OCc2ccc(C(C)(C)C)c(-c3cc(OC)ccc3F)c2)cc1.CCCC[C@@H](CC(=O)OC)c1ccc(OCc2ccc(C(C)(C)C)c(-c3cc(OC)ccc3F)c2)cc1. The average Bonchev–Trinajstić information content (AvgIpc) is 3.37. The van der Waals surface area contributed by atoms with Crippen LogP contribution in [0.5, 0.6) is 23.0 Å². The van der Waals surface area contributed by atoms with Gasteiger partial charge in [0, 0.05) is 11.1 Å². The minimum absolute atomic E-state index is 0.00163. The van der Waals surface area contributed by atoms with Gasteiger partial charge in [-0.1, -0.05) is 130 Å². The number of hydrogen-bond donors (Lipinski definition) is 1. The third kappa shape index (κ3) is 16.7. The molecule has 0 saturated heterocycles. The number of carbonyl (C=O) groups excluding carboxylic acids is 1. The summed E-state index contributed by atoms with van der Waals surface area (Å²) in [7, 11) is 4.59. The lowest BCUT2D eigenvalue weighted by atomic mass is 9.81. The lowest BCUT2D eigenvalue weighted by Gasteiger charge is -2.24. The van der Waals surface area contributed by atoms with Crippen LogP contribution in [0.4, 0.5) is 8.78 Å². The van der Waals surface area contributed by atoms with Crippen LogP contribution in [0.3, 0.4) is 0 Å². The lowest BCUT2D eigenvalue weighted by Crippen LogP contribution is -2.13. The minimum Gasteiger partial charge on any atom is -0.497 e. The summed E-state index contributed by atoms with van der Waals surface area (Å²) in [4.78, 5) is 23.2. The topological polar surface area (TPSA) is 101 Å². The van der Waals surface area contributed by atoms with Gasteiger partial charge >= 0.3 is 11.9 Å². The first-order valence-electron chi connectivity index (χ1n) is 25.5. The van der Waals surface area contributed by atoms with Crippen LogP contribution in [0.1, 0.15) is 152 Å². The molecule has 0 bridgehead atoms. The molecule has 390 valence electrons. The van der Waals surface area contributed by atoms with Gasteiger partial charge in [0.05, 0.1) is 34.2 Å². The number of methoxy groups -OCH3 is 3. The molecule has 0 radical (unpaired) electrons. The molecule has 0 fully saturated rings. The summed E-state index contributed by atoms with van der Waals surface area (Å²) in [6.07, 6.45) is 6.46. The van der Waals surface area contributed by atoms with Crippen LogP contribution < -0.4 is 18.9 Å². The first-order valence-corrected chi connectivity index (χ1v) is 25.5. The number of halogens is 2. The van der Waals surface area contributed by atoms with Gasteiger partial charge in [-0.3, -0.25) is 9.59 Å². The molecule has 6 aromatic carbocycles. The Labute approximate surface area is 433 Å². The van der Waals surface area contributed by atoms with E-state index in [0.717, 1.165) is 88.8 Å². The van der Waals surface area contributed by atoms with Crippen LogP contribution in [-0.4, -0.2) is 38.4 Å². The molecule has 0 aliphatic heterocycles. The summed E-state index contributed by atoms with van der Waals surface area (Å²) >= 11 is 0. The zero-order valence-corrected chi connectivity index (χ0v) is 44.8. The Morgan fingerprint density at radius 3 is 1.23 bits per heavy atom. The van der Waals surface area contributed by atoms with Crippen LogP contribution in [0.15, 0.2) is 121 Å². The van der Waals surface area contributed by atoms with Crippen LogP contribution >= 0.6 is 0 Å². The molecule has 0 heterocycles. The van der Waals surface area contributed by atoms with E-state index in [1.54, 1.807) is 38.5 Å². The van der Waals surface area contributed by atoms with E-state index < -0.39 is 5.97 Å². The van der Waals surface area contributed by atoms with Gasteiger partial charge in [0.2, 0.25) is 0 Å². The first kappa shape index (κ1) is 57.2. The summed E-state index contributed by atoms with van der Waals surface area (Å²) in [5.74, 6) is 1.24. The van der Waals surface area contributed by atoms with E-state index in [0.29, 0.717) is 48.0 Å². The monoisotopic (exact) mass is 999 g/mol. The number of carboxylic acid groups (broad SMARTS) is 1. The van der Waals surface area contributed by atoms with E-state index in [-0.39, 0.29) is 46.7 Å². The summed E-state index contributed by atoms with van der Waals surface area (Å²) in [5.41, 5.74) is 8.42. The van der Waals surface area contributed by atoms with Gasteiger partial charge in [0.1, 0.15) is 47.8 Å². The molecule has 6 aromatic rings. The minimum atomic E-state index is -0.779. The second-order valence-corrected chi connectivity index (χ2v) is 20.7. The zero-order chi connectivity index (χ0) is 53.3. The summed E-state index contributed by atoms with van der Waals surface area (Å²) in [6.45, 7) is 17.6. The normalized spacial score (nSPS) is 12.2. The third-order valence-corrected chi connectivity index (χ3v) is 13.1. The molecule has 0 aromatic heterocycles. The van der Waals surface area contributed by atoms with Crippen LogP contribution in [0.25, 0.3) is 22.3 Å². The molecule has 0 saturated carbocycles. The molecule has 0 spiro atoms. The van der Waals surface area contributed by atoms with E-state index in [9.17, 15) is 23.5 Å². The van der Waals surface area contributed by atoms with Crippen molar-refractivity contribution in [2.45, 2.75) is 143 Å². The van der Waals surface area contributed by atoms with Gasteiger partial charge in [-0.05, 0) is 153 Å². The molecule has 6 rings (SSSR count). The van der Waals surface area contributed by atoms with E-state index >= 15 is 0 Å². The van der Waals surface area contributed by atoms with Gasteiger partial charge in [-0.2, -0.15) is 0 Å². The highest BCUT2D eigenvalue weighted by molar-refractivity contribution is 5.73. The van der Waals surface area contributed by atoms with Crippen LogP contribution in [-0.2, 0) is 38.4 Å². The van der Waals surface area contributed by atoms with Gasteiger partial charge in [-0.15, -0.1) is 0 Å². The molecule has 73 heavy (non-hydrogen) atoms. The second-order valence-electron chi connectivity index (χ2n) is 20.7. The number of benzene rings is 6. The fourth-order valence-electron chi connectivity index (χ4n) is 8.97. The standard InChI is InChI=1S/C32H39FO4.C31H37FO4/c1-7-8-9-24(19-31(34)36-6)23-11-13-25(14-12-23)37-21-22-10-16-29(32(2,3)4)27(18-22)28-20-26(35-5)15-17-30(28)33;1-6-7-8-23(18-30(33)34)22-10-12-24(13-11-22)36-20-21-9-15-28(31(2,3)4)26(17-21)27-19-25(35-5)14-16-29(27)32/h10-18,20,24H,7-9,19,21H2,1-6H3;9-17,19,23H,6-8,18,20H2,1-5H3,(H,33,34)/t24-;23-/m00/s1. The Morgan fingerprint density at radius 2 is 0.890 bits per heavy atom. The number of esters is 1. The van der Waals surface area contributed by atoms with E-state index in [1.165, 1.54) is 19.2 Å². The summed E-state index contributed by atoms with van der Waals surface area (Å²) in [5, 5.41) is 9.28. The maximum absolute atomic E-state index is 14.9. The van der Waals surface area contributed by atoms with Gasteiger partial charge in [0.25, 0.3) is 0 Å². The summed E-state index contributed by atoms with van der Waals surface area (Å²) in [6, 6.07) is 37.4. The highest BCUT2D eigenvalue weighted by Gasteiger charge is 2.24. The Bertz CT molecular complexity index is 2720. The second kappa shape index (κ2) is 26.9. The summed E-state index contributed by atoms with van der Waals surface area (Å²) < 4.78 is 57.5. The third-order valence-electron chi connectivity index (χ3n) is 13.1. The molecule has 1 N–H and O–H groups in total. The Kier molecular flexibility index (Phi) is 21.0. The largest absolute Gasteiger partial charge is 0.497 e. The quantitative estimate of drug-likeness (QED) is 0.0671. The highest BCUT2D eigenvalue weighted by atomic mass is 19.1. The van der Waals surface area contributed by atoms with E-state index in [4.69, 9.17) is 23.7 Å². The van der Waals surface area contributed by atoms with Crippen molar-refractivity contribution in [3.05, 3.63) is 166 Å². The van der Waals surface area contributed by atoms with Crippen LogP contribution in [0.2, 0.25) is 0 Å². The average molecular weight is 999 g/mol. The first-order chi connectivity index (χ1) is 34.8. The Morgan fingerprint density at radius 1 is 0.507 bits per heavy atom. The molecular weight excluding hydrogens is 923 g/mol. The van der Waals surface area contributed by atoms with Crippen LogP contribution in [0, 0.1) is 11.6 Å². The van der Waals surface area contributed by atoms with Crippen molar-refractivity contribution in [1.29, 1.82) is 0 Å². The molecule has 2 atom stereocenters. The number of hydrogen-bond acceptors (Lipinski definition) is 7. The van der Waals surface area contributed by atoms with Gasteiger partial charge < -0.3 is 28.8 Å². The maximum atomic E-state index is 14.9. The number of carboxylic acids is 1. The molecular formula is C63H76F2O8. The van der Waals surface area contributed by atoms with Crippen molar-refractivity contribution < 1.29 is 47.2 Å².